The monoisotopic (exact) mass is 305 g/mol. The van der Waals surface area contributed by atoms with Gasteiger partial charge in [0.25, 0.3) is 0 Å². The van der Waals surface area contributed by atoms with Crippen LogP contribution >= 0.6 is 0 Å². The predicted octanol–water partition coefficient (Wildman–Crippen LogP) is 2.03. The summed E-state index contributed by atoms with van der Waals surface area (Å²) in [5.41, 5.74) is 2.75. The van der Waals surface area contributed by atoms with Gasteiger partial charge < -0.3 is 10.0 Å². The quantitative estimate of drug-likeness (QED) is 0.796. The first-order valence-electron chi connectivity index (χ1n) is 8.66. The van der Waals surface area contributed by atoms with Gasteiger partial charge in [0.15, 0.2) is 0 Å². The molecule has 1 aromatic rings. The van der Waals surface area contributed by atoms with Crippen molar-refractivity contribution in [3.8, 4) is 0 Å². The van der Waals surface area contributed by atoms with E-state index in [-0.39, 0.29) is 6.61 Å². The summed E-state index contributed by atoms with van der Waals surface area (Å²) >= 11 is 0. The molecule has 0 amide bonds. The van der Waals surface area contributed by atoms with E-state index in [0.29, 0.717) is 0 Å². The summed E-state index contributed by atoms with van der Waals surface area (Å²) in [6.45, 7) is 13.0. The van der Waals surface area contributed by atoms with Crippen molar-refractivity contribution < 1.29 is 5.11 Å². The minimum atomic E-state index is 0.228. The number of nitrogens with zero attached hydrogens (tertiary/aromatic N) is 3. The maximum absolute atomic E-state index is 9.19. The summed E-state index contributed by atoms with van der Waals surface area (Å²) in [4.78, 5) is 7.38. The van der Waals surface area contributed by atoms with Crippen LogP contribution in [0.5, 0.6) is 0 Å². The summed E-state index contributed by atoms with van der Waals surface area (Å²) in [5, 5.41) is 9.19. The molecule has 1 aliphatic heterocycles. The Labute approximate surface area is 135 Å². The second-order valence-electron chi connectivity index (χ2n) is 6.05. The zero-order valence-corrected chi connectivity index (χ0v) is 14.2. The van der Waals surface area contributed by atoms with Crippen LogP contribution in [0.3, 0.4) is 0 Å². The fourth-order valence-electron chi connectivity index (χ4n) is 3.21. The molecule has 22 heavy (non-hydrogen) atoms. The van der Waals surface area contributed by atoms with Gasteiger partial charge in [-0.15, -0.1) is 0 Å². The fraction of sp³-hybridized carbons (Fsp3) is 0.667. The fourth-order valence-corrected chi connectivity index (χ4v) is 3.21. The topological polar surface area (TPSA) is 30.0 Å². The van der Waals surface area contributed by atoms with Crippen molar-refractivity contribution in [3.05, 3.63) is 29.8 Å². The van der Waals surface area contributed by atoms with Gasteiger partial charge in [-0.2, -0.15) is 0 Å². The summed E-state index contributed by atoms with van der Waals surface area (Å²) in [5.74, 6) is 0. The number of benzene rings is 1. The Morgan fingerprint density at radius 3 is 2.45 bits per heavy atom. The first kappa shape index (κ1) is 17.3. The summed E-state index contributed by atoms with van der Waals surface area (Å²) < 4.78 is 0. The van der Waals surface area contributed by atoms with E-state index in [1.54, 1.807) is 0 Å². The summed E-state index contributed by atoms with van der Waals surface area (Å²) in [6, 6.07) is 8.74. The van der Waals surface area contributed by atoms with E-state index in [9.17, 15) is 5.11 Å². The number of hydrogen-bond donors (Lipinski definition) is 1. The molecule has 1 fully saturated rings. The minimum Gasteiger partial charge on any atom is -0.395 e. The number of likely N-dealkylation sites (N-methyl/N-ethyl adjacent to an activating group) is 1. The maximum Gasteiger partial charge on any atom is 0.0558 e. The molecule has 0 spiro atoms. The highest BCUT2D eigenvalue weighted by Crippen LogP contribution is 2.23. The second kappa shape index (κ2) is 9.13. The molecule has 0 unspecified atom stereocenters. The molecule has 0 aliphatic carbocycles. The number of aliphatic hydroxyl groups is 1. The molecule has 0 bridgehead atoms. The van der Waals surface area contributed by atoms with Crippen LogP contribution in [0.4, 0.5) is 5.69 Å². The third-order valence-electron chi connectivity index (χ3n) is 4.50. The molecule has 1 saturated heterocycles. The summed E-state index contributed by atoms with van der Waals surface area (Å²) in [6.07, 6.45) is 1.24. The number of hydrogen-bond acceptors (Lipinski definition) is 4. The van der Waals surface area contributed by atoms with E-state index in [4.69, 9.17) is 0 Å². The van der Waals surface area contributed by atoms with Gasteiger partial charge >= 0.3 is 0 Å². The second-order valence-corrected chi connectivity index (χ2v) is 6.05. The van der Waals surface area contributed by atoms with E-state index in [0.717, 1.165) is 45.8 Å². The summed E-state index contributed by atoms with van der Waals surface area (Å²) in [7, 11) is 0. The average Bonchev–Trinajstić information content (AvgIpc) is 2.56. The maximum atomic E-state index is 9.19. The molecule has 1 aliphatic rings. The Morgan fingerprint density at radius 2 is 1.82 bits per heavy atom. The highest BCUT2D eigenvalue weighted by atomic mass is 16.3. The van der Waals surface area contributed by atoms with E-state index in [1.807, 2.05) is 0 Å². The number of rotatable bonds is 8. The Balaban J connectivity index is 2.02. The van der Waals surface area contributed by atoms with Gasteiger partial charge in [-0.05, 0) is 31.1 Å². The molecule has 4 heteroatoms. The van der Waals surface area contributed by atoms with Crippen LogP contribution in [-0.4, -0.2) is 67.3 Å². The molecule has 1 aromatic carbocycles. The predicted molar refractivity (Wildman–Crippen MR) is 93.4 cm³/mol. The average molecular weight is 305 g/mol. The third-order valence-corrected chi connectivity index (χ3v) is 4.50. The zero-order valence-electron chi connectivity index (χ0n) is 14.2. The van der Waals surface area contributed by atoms with Crippen molar-refractivity contribution in [3.63, 3.8) is 0 Å². The normalized spacial score (nSPS) is 16.5. The van der Waals surface area contributed by atoms with Gasteiger partial charge in [-0.3, -0.25) is 9.80 Å². The lowest BCUT2D eigenvalue weighted by atomic mass is 10.1. The molecular weight excluding hydrogens is 274 g/mol. The number of anilines is 1. The lowest BCUT2D eigenvalue weighted by Gasteiger charge is -2.37. The molecule has 1 heterocycles. The lowest BCUT2D eigenvalue weighted by molar-refractivity contribution is 0.196. The van der Waals surface area contributed by atoms with Crippen LogP contribution in [0, 0.1) is 0 Å². The van der Waals surface area contributed by atoms with Crippen molar-refractivity contribution in [2.24, 2.45) is 0 Å². The number of piperazine rings is 1. The van der Waals surface area contributed by atoms with Crippen molar-refractivity contribution >= 4 is 5.69 Å². The first-order chi connectivity index (χ1) is 10.8. The molecule has 1 N–H and O–H groups in total. The van der Waals surface area contributed by atoms with Gasteiger partial charge in [0.2, 0.25) is 0 Å². The molecule has 0 atom stereocenters. The van der Waals surface area contributed by atoms with Crippen LogP contribution in [-0.2, 0) is 6.54 Å². The molecule has 0 radical (unpaired) electrons. The largest absolute Gasteiger partial charge is 0.395 e. The smallest absolute Gasteiger partial charge is 0.0558 e. The van der Waals surface area contributed by atoms with E-state index >= 15 is 0 Å². The zero-order chi connectivity index (χ0) is 15.8. The van der Waals surface area contributed by atoms with Crippen molar-refractivity contribution in [2.75, 3.05) is 57.3 Å². The van der Waals surface area contributed by atoms with Crippen molar-refractivity contribution in [1.29, 1.82) is 0 Å². The van der Waals surface area contributed by atoms with E-state index in [2.05, 4.69) is 52.8 Å². The van der Waals surface area contributed by atoms with Gasteiger partial charge in [-0.25, -0.2) is 0 Å². The molecule has 4 nitrogen and oxygen atoms in total. The van der Waals surface area contributed by atoms with Gasteiger partial charge in [0.05, 0.1) is 6.61 Å². The molecular formula is C18H31N3O. The molecule has 2 rings (SSSR count). The SMILES string of the molecule is CCCN1CCN(c2ccccc2CN(CC)CCO)CC1. The molecule has 124 valence electrons. The van der Waals surface area contributed by atoms with Crippen LogP contribution in [0.1, 0.15) is 25.8 Å². The highest BCUT2D eigenvalue weighted by Gasteiger charge is 2.19. The van der Waals surface area contributed by atoms with E-state index < -0.39 is 0 Å². The third kappa shape index (κ3) is 4.70. The van der Waals surface area contributed by atoms with Crippen LogP contribution < -0.4 is 4.90 Å². The Morgan fingerprint density at radius 1 is 1.09 bits per heavy atom. The standard InChI is InChI=1S/C18H31N3O/c1-3-9-20-10-12-21(13-11-20)18-8-6-5-7-17(18)16-19(4-2)14-15-22/h5-8,22H,3-4,9-16H2,1-2H3. The van der Waals surface area contributed by atoms with Crippen LogP contribution in [0.25, 0.3) is 0 Å². The van der Waals surface area contributed by atoms with Crippen LogP contribution in [0.15, 0.2) is 24.3 Å². The van der Waals surface area contributed by atoms with Gasteiger partial charge in [0, 0.05) is 45.0 Å². The van der Waals surface area contributed by atoms with Gasteiger partial charge in [-0.1, -0.05) is 32.0 Å². The van der Waals surface area contributed by atoms with E-state index in [1.165, 1.54) is 24.2 Å². The Kier molecular flexibility index (Phi) is 7.16. The number of para-hydroxylation sites is 1. The Bertz CT molecular complexity index is 430. The highest BCUT2D eigenvalue weighted by molar-refractivity contribution is 5.54. The van der Waals surface area contributed by atoms with Crippen molar-refractivity contribution in [1.82, 2.24) is 9.80 Å². The first-order valence-corrected chi connectivity index (χ1v) is 8.66. The Hall–Kier alpha value is -1.10. The van der Waals surface area contributed by atoms with Gasteiger partial charge in [0.1, 0.15) is 0 Å². The molecule has 0 saturated carbocycles. The lowest BCUT2D eigenvalue weighted by Crippen LogP contribution is -2.47. The van der Waals surface area contributed by atoms with Crippen LogP contribution in [0.2, 0.25) is 0 Å². The minimum absolute atomic E-state index is 0.228. The molecule has 0 aromatic heterocycles. The van der Waals surface area contributed by atoms with Crippen molar-refractivity contribution in [2.45, 2.75) is 26.8 Å². The number of aliphatic hydroxyl groups excluding tert-OH is 1.